The van der Waals surface area contributed by atoms with Crippen molar-refractivity contribution in [3.8, 4) is 11.3 Å². The van der Waals surface area contributed by atoms with Crippen LogP contribution >= 0.6 is 0 Å². The molecule has 1 aliphatic rings. The molecule has 4 aromatic rings. The fourth-order valence-corrected chi connectivity index (χ4v) is 3.97. The van der Waals surface area contributed by atoms with Crippen molar-refractivity contribution in [3.05, 3.63) is 66.4 Å². The second-order valence-electron chi connectivity index (χ2n) is 8.32. The molecule has 0 amide bonds. The van der Waals surface area contributed by atoms with Crippen molar-refractivity contribution < 1.29 is 4.39 Å². The molecule has 0 saturated heterocycles. The second-order valence-corrected chi connectivity index (χ2v) is 8.32. The van der Waals surface area contributed by atoms with Crippen LogP contribution in [-0.2, 0) is 6.54 Å². The molecule has 5 rings (SSSR count). The molecule has 10 heteroatoms. The summed E-state index contributed by atoms with van der Waals surface area (Å²) >= 11 is 0. The Morgan fingerprint density at radius 3 is 2.71 bits per heavy atom. The number of hydrogen-bond donors (Lipinski definition) is 1. The maximum Gasteiger partial charge on any atom is 0.229 e. The first kappa shape index (κ1) is 21.6. The summed E-state index contributed by atoms with van der Waals surface area (Å²) in [7, 11) is 0. The lowest BCUT2D eigenvalue weighted by atomic mass is 10.2. The first-order valence-corrected chi connectivity index (χ1v) is 11.0. The molecule has 0 saturated carbocycles. The molecule has 1 N–H and O–H groups in total. The summed E-state index contributed by atoms with van der Waals surface area (Å²) in [5, 5.41) is 3.06. The van der Waals surface area contributed by atoms with Crippen LogP contribution in [0.4, 0.5) is 16.2 Å². The molecule has 0 aliphatic carbocycles. The van der Waals surface area contributed by atoms with Crippen molar-refractivity contribution in [2.24, 2.45) is 4.99 Å². The molecule has 0 fully saturated rings. The van der Waals surface area contributed by atoms with Crippen molar-refractivity contribution in [1.82, 2.24) is 34.4 Å². The fraction of sp³-hybridized carbons (Fsp3) is 0.250. The zero-order valence-corrected chi connectivity index (χ0v) is 19.1. The van der Waals surface area contributed by atoms with E-state index < -0.39 is 5.82 Å². The number of anilines is 2. The maximum atomic E-state index is 14.7. The Balaban J connectivity index is 1.38. The Labute approximate surface area is 196 Å². The predicted octanol–water partition coefficient (Wildman–Crippen LogP) is 4.41. The molecule has 4 aromatic heterocycles. The highest BCUT2D eigenvalue weighted by molar-refractivity contribution is 5.78. The monoisotopic (exact) mass is 457 g/mol. The van der Waals surface area contributed by atoms with Crippen LogP contribution in [0.5, 0.6) is 0 Å². The molecule has 1 aliphatic heterocycles. The van der Waals surface area contributed by atoms with Crippen molar-refractivity contribution in [3.63, 3.8) is 0 Å². The summed E-state index contributed by atoms with van der Waals surface area (Å²) in [4.78, 5) is 28.1. The average Bonchev–Trinajstić information content (AvgIpc) is 3.17. The van der Waals surface area contributed by atoms with E-state index in [0.717, 1.165) is 36.2 Å². The molecule has 0 aromatic carbocycles. The van der Waals surface area contributed by atoms with Gasteiger partial charge in [-0.25, -0.2) is 29.3 Å². The minimum Gasteiger partial charge on any atom is -0.366 e. The highest BCUT2D eigenvalue weighted by Crippen LogP contribution is 2.27. The first-order valence-electron chi connectivity index (χ1n) is 11.0. The van der Waals surface area contributed by atoms with Gasteiger partial charge in [0.05, 0.1) is 18.3 Å². The van der Waals surface area contributed by atoms with Gasteiger partial charge in [0.15, 0.2) is 11.5 Å². The standard InChI is InChI=1S/C24H24FN9/c1-15(2)34-16(3)30-23-20(34)10-18(12-28-23)22-19(25)13-29-24(32-22)31-21-5-4-17(11-27-21)14-33-8-6-26-7-9-33/h4-8,10-13,15H,9,14H2,1-3H3,(H,27,29,31,32). The van der Waals surface area contributed by atoms with Crippen LogP contribution in [0.15, 0.2) is 54.2 Å². The largest absolute Gasteiger partial charge is 0.366 e. The summed E-state index contributed by atoms with van der Waals surface area (Å²) in [5.74, 6) is 1.15. The normalized spacial score (nSPS) is 13.3. The van der Waals surface area contributed by atoms with Crippen molar-refractivity contribution in [2.75, 3.05) is 11.9 Å². The molecule has 5 heterocycles. The van der Waals surface area contributed by atoms with Crippen LogP contribution in [0, 0.1) is 12.7 Å². The molecule has 0 unspecified atom stereocenters. The number of nitrogens with one attached hydrogen (secondary N) is 1. The third-order valence-electron chi connectivity index (χ3n) is 5.49. The molecule has 0 radical (unpaired) electrons. The summed E-state index contributed by atoms with van der Waals surface area (Å²) in [5.41, 5.74) is 3.24. The van der Waals surface area contributed by atoms with Crippen LogP contribution in [0.2, 0.25) is 0 Å². The van der Waals surface area contributed by atoms with Gasteiger partial charge in [-0.3, -0.25) is 4.99 Å². The Morgan fingerprint density at radius 1 is 1.09 bits per heavy atom. The molecule has 0 bridgehead atoms. The molecular formula is C24H24FN9. The summed E-state index contributed by atoms with van der Waals surface area (Å²) in [6.45, 7) is 7.58. The minimum absolute atomic E-state index is 0.163. The number of halogens is 1. The molecule has 9 nitrogen and oxygen atoms in total. The van der Waals surface area contributed by atoms with E-state index >= 15 is 0 Å². The van der Waals surface area contributed by atoms with Crippen LogP contribution in [-0.4, -0.2) is 47.1 Å². The van der Waals surface area contributed by atoms with Gasteiger partial charge in [0.1, 0.15) is 17.3 Å². The van der Waals surface area contributed by atoms with E-state index in [9.17, 15) is 4.39 Å². The third kappa shape index (κ3) is 4.34. The second kappa shape index (κ2) is 8.97. The zero-order chi connectivity index (χ0) is 23.7. The van der Waals surface area contributed by atoms with Crippen molar-refractivity contribution >= 4 is 29.1 Å². The van der Waals surface area contributed by atoms with Gasteiger partial charge in [0, 0.05) is 49.2 Å². The lowest BCUT2D eigenvalue weighted by Gasteiger charge is -2.19. The Morgan fingerprint density at radius 2 is 1.97 bits per heavy atom. The number of imidazole rings is 1. The van der Waals surface area contributed by atoms with E-state index in [1.807, 2.05) is 37.5 Å². The smallest absolute Gasteiger partial charge is 0.229 e. The minimum atomic E-state index is -0.527. The SMILES string of the molecule is Cc1nc2ncc(-c3nc(Nc4ccc(CN5C=CN=CC5)cn4)ncc3F)cc2n1C(C)C. The topological polar surface area (TPSA) is 97.0 Å². The van der Waals surface area contributed by atoms with E-state index in [4.69, 9.17) is 0 Å². The number of aryl methyl sites for hydroxylation is 1. The van der Waals surface area contributed by atoms with E-state index in [0.29, 0.717) is 17.0 Å². The van der Waals surface area contributed by atoms with E-state index in [-0.39, 0.29) is 17.7 Å². The first-order chi connectivity index (χ1) is 16.5. The highest BCUT2D eigenvalue weighted by atomic mass is 19.1. The molecule has 172 valence electrons. The van der Waals surface area contributed by atoms with Crippen LogP contribution in [0.1, 0.15) is 31.3 Å². The average molecular weight is 458 g/mol. The van der Waals surface area contributed by atoms with Gasteiger partial charge in [-0.1, -0.05) is 6.07 Å². The Kier molecular flexibility index (Phi) is 5.70. The van der Waals surface area contributed by atoms with Crippen LogP contribution in [0.25, 0.3) is 22.4 Å². The van der Waals surface area contributed by atoms with Gasteiger partial charge < -0.3 is 14.8 Å². The zero-order valence-electron chi connectivity index (χ0n) is 19.1. The Bertz CT molecular complexity index is 1390. The number of nitrogens with zero attached hydrogens (tertiary/aromatic N) is 8. The highest BCUT2D eigenvalue weighted by Gasteiger charge is 2.16. The number of aliphatic imine (C=N–C) groups is 1. The van der Waals surface area contributed by atoms with Crippen molar-refractivity contribution in [2.45, 2.75) is 33.4 Å². The summed E-state index contributed by atoms with van der Waals surface area (Å²) in [6, 6.07) is 5.89. The predicted molar refractivity (Wildman–Crippen MR) is 129 cm³/mol. The van der Waals surface area contributed by atoms with E-state index in [1.54, 1.807) is 18.6 Å². The van der Waals surface area contributed by atoms with E-state index in [2.05, 4.69) is 58.5 Å². The van der Waals surface area contributed by atoms with Gasteiger partial charge in [-0.2, -0.15) is 0 Å². The lowest BCUT2D eigenvalue weighted by molar-refractivity contribution is 0.418. The van der Waals surface area contributed by atoms with Gasteiger partial charge in [0.2, 0.25) is 5.95 Å². The quantitative estimate of drug-likeness (QED) is 0.458. The van der Waals surface area contributed by atoms with Gasteiger partial charge >= 0.3 is 0 Å². The summed E-state index contributed by atoms with van der Waals surface area (Å²) in [6.07, 6.45) is 10.1. The third-order valence-corrected chi connectivity index (χ3v) is 5.49. The van der Waals surface area contributed by atoms with Gasteiger partial charge in [-0.15, -0.1) is 0 Å². The number of rotatable bonds is 6. The number of hydrogen-bond acceptors (Lipinski definition) is 8. The number of fused-ring (bicyclic) bond motifs is 1. The number of pyridine rings is 2. The molecule has 0 atom stereocenters. The molecular weight excluding hydrogens is 433 g/mol. The maximum absolute atomic E-state index is 14.7. The van der Waals surface area contributed by atoms with Crippen molar-refractivity contribution in [1.29, 1.82) is 0 Å². The van der Waals surface area contributed by atoms with Gasteiger partial charge in [0.25, 0.3) is 0 Å². The number of aromatic nitrogens is 6. The molecule has 34 heavy (non-hydrogen) atoms. The van der Waals surface area contributed by atoms with E-state index in [1.165, 1.54) is 0 Å². The summed E-state index contributed by atoms with van der Waals surface area (Å²) < 4.78 is 16.8. The Hall–Kier alpha value is -4.21. The van der Waals surface area contributed by atoms with Gasteiger partial charge in [-0.05, 0) is 38.5 Å². The van der Waals surface area contributed by atoms with Crippen LogP contribution < -0.4 is 5.32 Å². The fourth-order valence-electron chi connectivity index (χ4n) is 3.97. The lowest BCUT2D eigenvalue weighted by Crippen LogP contribution is -2.20. The molecule has 0 spiro atoms. The van der Waals surface area contributed by atoms with Crippen LogP contribution in [0.3, 0.4) is 0 Å².